The summed E-state index contributed by atoms with van der Waals surface area (Å²) in [5.41, 5.74) is -1.95. The highest BCUT2D eigenvalue weighted by atomic mass is 16.7. The smallest absolute Gasteiger partial charge is 0.324 e. The Hall–Kier alpha value is -2.20. The predicted octanol–water partition coefficient (Wildman–Crippen LogP) is 5.41. The van der Waals surface area contributed by atoms with E-state index in [-0.39, 0.29) is 48.9 Å². The van der Waals surface area contributed by atoms with Crippen molar-refractivity contribution in [2.45, 2.75) is 168 Å². The molecule has 0 atom stereocenters. The van der Waals surface area contributed by atoms with Gasteiger partial charge in [0.15, 0.2) is 0 Å². The molecule has 2 rings (SSSR count). The van der Waals surface area contributed by atoms with Gasteiger partial charge in [-0.15, -0.1) is 10.1 Å². The molecule has 0 saturated carbocycles. The number of nitrogens with zero attached hydrogens (tertiary/aromatic N) is 2. The largest absolute Gasteiger partial charge is 0.462 e. The quantitative estimate of drug-likeness (QED) is 0.237. The van der Waals surface area contributed by atoms with Crippen LogP contribution in [0.3, 0.4) is 0 Å². The number of rotatable bonds is 11. The fourth-order valence-electron chi connectivity index (χ4n) is 6.37. The van der Waals surface area contributed by atoms with Crippen LogP contribution in [0, 0.1) is 0 Å². The van der Waals surface area contributed by atoms with E-state index in [2.05, 4.69) is 0 Å². The molecule has 2 aliphatic rings. The summed E-state index contributed by atoms with van der Waals surface area (Å²) < 4.78 is 11.6. The maximum absolute atomic E-state index is 12.6. The van der Waals surface area contributed by atoms with Gasteiger partial charge in [0, 0.05) is 51.4 Å². The average molecular weight is 569 g/mol. The Labute approximate surface area is 240 Å². The predicted molar refractivity (Wildman–Crippen MR) is 149 cm³/mol. The third-order valence-corrected chi connectivity index (χ3v) is 7.68. The van der Waals surface area contributed by atoms with Crippen LogP contribution in [0.25, 0.3) is 0 Å². The summed E-state index contributed by atoms with van der Waals surface area (Å²) in [5, 5.41) is 3.48. The van der Waals surface area contributed by atoms with Crippen LogP contribution < -0.4 is 0 Å². The lowest BCUT2D eigenvalue weighted by molar-refractivity contribution is -0.277. The zero-order valence-electron chi connectivity index (χ0n) is 26.4. The second kappa shape index (κ2) is 13.2. The first-order valence-corrected chi connectivity index (χ1v) is 14.7. The van der Waals surface area contributed by atoms with Crippen LogP contribution in [0.4, 0.5) is 0 Å². The van der Waals surface area contributed by atoms with Crippen LogP contribution in [0.15, 0.2) is 0 Å². The number of ether oxygens (including phenoxy) is 2. The lowest BCUT2D eigenvalue weighted by Gasteiger charge is -2.52. The Morgan fingerprint density at radius 1 is 0.550 bits per heavy atom. The molecule has 0 amide bonds. The molecule has 0 N–H and O–H groups in total. The average Bonchev–Trinajstić information content (AvgIpc) is 2.80. The highest BCUT2D eigenvalue weighted by Gasteiger charge is 2.50. The molecule has 2 heterocycles. The van der Waals surface area contributed by atoms with E-state index >= 15 is 0 Å². The van der Waals surface area contributed by atoms with Gasteiger partial charge in [-0.05, 0) is 68.2 Å². The number of esters is 2. The van der Waals surface area contributed by atoms with Crippen LogP contribution in [-0.2, 0) is 38.3 Å². The number of carbonyl (C=O) groups excluding carboxylic acids is 4. The lowest BCUT2D eigenvalue weighted by Crippen LogP contribution is -2.62. The van der Waals surface area contributed by atoms with Gasteiger partial charge in [0.05, 0.1) is 22.2 Å². The number of hydrogen-bond donors (Lipinski definition) is 0. The fourth-order valence-corrected chi connectivity index (χ4v) is 6.37. The minimum atomic E-state index is -0.488. The standard InChI is InChI=1S/C30H52N2O8/c1-11-23(33)39-31-27(3,4)17-21(18-28(31,5)6)37-25(35)15-13-14-16-26(36)38-22-19-29(7,8)32(30(9,10)20-22)40-24(34)12-2/h21-22H,11-20H2,1-10H3. The molecule has 2 aliphatic heterocycles. The Kier molecular flexibility index (Phi) is 11.2. The van der Waals surface area contributed by atoms with E-state index in [1.807, 2.05) is 55.4 Å². The molecular formula is C30H52N2O8. The normalized spacial score (nSPS) is 22.8. The van der Waals surface area contributed by atoms with Crippen molar-refractivity contribution in [1.29, 1.82) is 0 Å². The van der Waals surface area contributed by atoms with Crippen molar-refractivity contribution in [2.24, 2.45) is 0 Å². The van der Waals surface area contributed by atoms with Crippen LogP contribution in [0.1, 0.15) is 133 Å². The van der Waals surface area contributed by atoms with Crippen LogP contribution >= 0.6 is 0 Å². The molecule has 0 aromatic heterocycles. The zero-order chi connectivity index (χ0) is 30.5. The van der Waals surface area contributed by atoms with Crippen LogP contribution in [0.5, 0.6) is 0 Å². The Bertz CT molecular complexity index is 817. The van der Waals surface area contributed by atoms with Gasteiger partial charge >= 0.3 is 23.9 Å². The molecule has 10 nitrogen and oxygen atoms in total. The van der Waals surface area contributed by atoms with Crippen molar-refractivity contribution >= 4 is 23.9 Å². The van der Waals surface area contributed by atoms with Gasteiger partial charge in [-0.25, -0.2) is 0 Å². The van der Waals surface area contributed by atoms with E-state index in [4.69, 9.17) is 19.1 Å². The Morgan fingerprint density at radius 3 is 1.07 bits per heavy atom. The molecule has 2 saturated heterocycles. The first kappa shape index (κ1) is 34.0. The van der Waals surface area contributed by atoms with Crippen molar-refractivity contribution in [1.82, 2.24) is 10.1 Å². The monoisotopic (exact) mass is 568 g/mol. The molecule has 0 unspecified atom stereocenters. The summed E-state index contributed by atoms with van der Waals surface area (Å²) in [6, 6.07) is 0. The molecule has 40 heavy (non-hydrogen) atoms. The summed E-state index contributed by atoms with van der Waals surface area (Å²) in [7, 11) is 0. The third kappa shape index (κ3) is 9.16. The highest BCUT2D eigenvalue weighted by molar-refractivity contribution is 5.71. The topological polar surface area (TPSA) is 112 Å². The van der Waals surface area contributed by atoms with Gasteiger partial charge in [0.25, 0.3) is 0 Å². The van der Waals surface area contributed by atoms with Gasteiger partial charge in [-0.1, -0.05) is 13.8 Å². The second-order valence-electron chi connectivity index (χ2n) is 13.7. The summed E-state index contributed by atoms with van der Waals surface area (Å²) in [6.45, 7) is 19.4. The van der Waals surface area contributed by atoms with E-state index in [1.165, 1.54) is 0 Å². The van der Waals surface area contributed by atoms with E-state index < -0.39 is 22.2 Å². The van der Waals surface area contributed by atoms with Gasteiger partial charge in [-0.3, -0.25) is 19.2 Å². The maximum atomic E-state index is 12.6. The van der Waals surface area contributed by atoms with Crippen LogP contribution in [-0.4, -0.2) is 68.4 Å². The maximum Gasteiger partial charge on any atom is 0.324 e. The number of unbranched alkanes of at least 4 members (excludes halogenated alkanes) is 1. The molecule has 0 bridgehead atoms. The third-order valence-electron chi connectivity index (χ3n) is 7.68. The lowest BCUT2D eigenvalue weighted by atomic mass is 9.80. The number of hydroxylamine groups is 4. The second-order valence-corrected chi connectivity index (χ2v) is 13.7. The highest BCUT2D eigenvalue weighted by Crippen LogP contribution is 2.41. The summed E-state index contributed by atoms with van der Waals surface area (Å²) in [6.07, 6.45) is 3.71. The molecule has 0 aliphatic carbocycles. The molecule has 0 aromatic carbocycles. The zero-order valence-corrected chi connectivity index (χ0v) is 26.4. The molecule has 2 fully saturated rings. The van der Waals surface area contributed by atoms with Gasteiger partial charge in [0.1, 0.15) is 12.2 Å². The summed E-state index contributed by atoms with van der Waals surface area (Å²) in [5.74, 6) is -1.15. The van der Waals surface area contributed by atoms with Gasteiger partial charge in [-0.2, -0.15) is 0 Å². The minimum Gasteiger partial charge on any atom is -0.462 e. The van der Waals surface area contributed by atoms with E-state index in [0.717, 1.165) is 0 Å². The Balaban J connectivity index is 1.78. The van der Waals surface area contributed by atoms with Crippen LogP contribution in [0.2, 0.25) is 0 Å². The van der Waals surface area contributed by atoms with E-state index in [9.17, 15) is 19.2 Å². The first-order valence-electron chi connectivity index (χ1n) is 14.7. The van der Waals surface area contributed by atoms with E-state index in [0.29, 0.717) is 51.4 Å². The first-order chi connectivity index (χ1) is 18.3. The van der Waals surface area contributed by atoms with Gasteiger partial charge < -0.3 is 19.1 Å². The molecule has 10 heteroatoms. The number of hydrogen-bond acceptors (Lipinski definition) is 10. The van der Waals surface area contributed by atoms with Crippen molar-refractivity contribution in [3.63, 3.8) is 0 Å². The Morgan fingerprint density at radius 2 is 0.825 bits per heavy atom. The minimum absolute atomic E-state index is 0.223. The molecule has 0 radical (unpaired) electrons. The van der Waals surface area contributed by atoms with Crippen molar-refractivity contribution in [3.05, 3.63) is 0 Å². The van der Waals surface area contributed by atoms with Crippen molar-refractivity contribution in [3.8, 4) is 0 Å². The van der Waals surface area contributed by atoms with Gasteiger partial charge in [0.2, 0.25) is 0 Å². The molecular weight excluding hydrogens is 516 g/mol. The number of carbonyl (C=O) groups is 4. The molecule has 230 valence electrons. The van der Waals surface area contributed by atoms with Crippen molar-refractivity contribution < 1.29 is 38.3 Å². The summed E-state index contributed by atoms with van der Waals surface area (Å²) in [4.78, 5) is 60.3. The number of piperidine rings is 2. The SMILES string of the molecule is CCC(=O)ON1C(C)(C)CC(OC(=O)CCCCC(=O)OC2CC(C)(C)N(OC(=O)CC)C(C)(C)C2)CC1(C)C. The molecule has 0 aromatic rings. The molecule has 0 spiro atoms. The summed E-state index contributed by atoms with van der Waals surface area (Å²) >= 11 is 0. The van der Waals surface area contributed by atoms with E-state index in [1.54, 1.807) is 24.0 Å². The fraction of sp³-hybridized carbons (Fsp3) is 0.867. The van der Waals surface area contributed by atoms with Crippen molar-refractivity contribution in [2.75, 3.05) is 0 Å².